The number of aryl methyl sites for hydroxylation is 1. The summed E-state index contributed by atoms with van der Waals surface area (Å²) < 4.78 is 5.60. The SMILES string of the molecule is CCO[C@H](C)c1nc(C)c(C(=O)N2CCC[C@@H](c3ccn[nH]3)C2)s1. The fourth-order valence-electron chi connectivity index (χ4n) is 3.16. The van der Waals surface area contributed by atoms with E-state index in [9.17, 15) is 4.79 Å². The van der Waals surface area contributed by atoms with E-state index >= 15 is 0 Å². The summed E-state index contributed by atoms with van der Waals surface area (Å²) in [5.41, 5.74) is 1.91. The largest absolute Gasteiger partial charge is 0.372 e. The highest BCUT2D eigenvalue weighted by Gasteiger charge is 2.29. The Bertz CT molecular complexity index is 683. The summed E-state index contributed by atoms with van der Waals surface area (Å²) in [6.07, 6.45) is 3.79. The maximum Gasteiger partial charge on any atom is 0.265 e. The van der Waals surface area contributed by atoms with Crippen LogP contribution >= 0.6 is 11.3 Å². The van der Waals surface area contributed by atoms with Crippen molar-refractivity contribution >= 4 is 17.2 Å². The fourth-order valence-corrected chi connectivity index (χ4v) is 4.20. The minimum atomic E-state index is -0.0700. The molecule has 1 fully saturated rings. The summed E-state index contributed by atoms with van der Waals surface area (Å²) in [5.74, 6) is 0.421. The quantitative estimate of drug-likeness (QED) is 0.900. The van der Waals surface area contributed by atoms with Gasteiger partial charge in [0.1, 0.15) is 16.0 Å². The molecule has 3 rings (SSSR count). The van der Waals surface area contributed by atoms with Crippen molar-refractivity contribution in [2.75, 3.05) is 19.7 Å². The zero-order valence-corrected chi connectivity index (χ0v) is 15.2. The third kappa shape index (κ3) is 3.52. The van der Waals surface area contributed by atoms with Crippen molar-refractivity contribution in [1.29, 1.82) is 0 Å². The van der Waals surface area contributed by atoms with Crippen LogP contribution in [-0.4, -0.2) is 45.7 Å². The van der Waals surface area contributed by atoms with E-state index in [0.717, 1.165) is 47.2 Å². The summed E-state index contributed by atoms with van der Waals surface area (Å²) in [6.45, 7) is 8.02. The molecule has 0 spiro atoms. The third-order valence-electron chi connectivity index (χ3n) is 4.44. The van der Waals surface area contributed by atoms with Crippen LogP contribution in [0.3, 0.4) is 0 Å². The molecule has 1 amide bonds. The van der Waals surface area contributed by atoms with Crippen molar-refractivity contribution < 1.29 is 9.53 Å². The Morgan fingerprint density at radius 2 is 2.42 bits per heavy atom. The van der Waals surface area contributed by atoms with E-state index in [1.54, 1.807) is 6.20 Å². The first-order chi connectivity index (χ1) is 11.6. The lowest BCUT2D eigenvalue weighted by molar-refractivity contribution is 0.0709. The van der Waals surface area contributed by atoms with E-state index in [1.165, 1.54) is 11.3 Å². The number of carbonyl (C=O) groups is 1. The standard InChI is InChI=1S/C17H24N4O2S/c1-4-23-12(3)16-19-11(2)15(24-16)17(22)21-9-5-6-13(10-21)14-7-8-18-20-14/h7-8,12-13H,4-6,9-10H2,1-3H3,(H,18,20)/t12-,13-/m1/s1. The highest BCUT2D eigenvalue weighted by atomic mass is 32.1. The second kappa shape index (κ2) is 7.44. The van der Waals surface area contributed by atoms with Crippen LogP contribution in [0, 0.1) is 6.92 Å². The van der Waals surface area contributed by atoms with Crippen LogP contribution in [0.15, 0.2) is 12.3 Å². The van der Waals surface area contributed by atoms with Crippen molar-refractivity contribution in [3.05, 3.63) is 33.5 Å². The van der Waals surface area contributed by atoms with Gasteiger partial charge in [0.25, 0.3) is 5.91 Å². The number of H-pyrrole nitrogens is 1. The predicted molar refractivity (Wildman–Crippen MR) is 93.4 cm³/mol. The molecule has 1 N–H and O–H groups in total. The second-order valence-electron chi connectivity index (χ2n) is 6.17. The van der Waals surface area contributed by atoms with Crippen LogP contribution in [0.1, 0.15) is 64.8 Å². The molecule has 0 aliphatic carbocycles. The molecule has 2 atom stereocenters. The summed E-state index contributed by atoms with van der Waals surface area (Å²) >= 11 is 1.46. The van der Waals surface area contributed by atoms with Gasteiger partial charge in [0, 0.05) is 37.5 Å². The molecule has 24 heavy (non-hydrogen) atoms. The summed E-state index contributed by atoms with van der Waals surface area (Å²) in [5, 5.41) is 7.94. The third-order valence-corrected chi connectivity index (χ3v) is 5.75. The molecule has 7 heteroatoms. The summed E-state index contributed by atoms with van der Waals surface area (Å²) in [7, 11) is 0. The average Bonchev–Trinajstić information content (AvgIpc) is 3.24. The van der Waals surface area contributed by atoms with Crippen molar-refractivity contribution in [1.82, 2.24) is 20.1 Å². The number of aromatic amines is 1. The zero-order chi connectivity index (χ0) is 17.1. The van der Waals surface area contributed by atoms with Gasteiger partial charge in [0.2, 0.25) is 0 Å². The number of piperidine rings is 1. The lowest BCUT2D eigenvalue weighted by Gasteiger charge is -2.32. The van der Waals surface area contributed by atoms with Gasteiger partial charge in [0.15, 0.2) is 0 Å². The van der Waals surface area contributed by atoms with Gasteiger partial charge in [0.05, 0.1) is 5.69 Å². The lowest BCUT2D eigenvalue weighted by atomic mass is 9.95. The fraction of sp³-hybridized carbons (Fsp3) is 0.588. The second-order valence-corrected chi connectivity index (χ2v) is 7.20. The number of rotatable bonds is 5. The minimum absolute atomic E-state index is 0.0700. The van der Waals surface area contributed by atoms with E-state index in [4.69, 9.17) is 4.74 Å². The smallest absolute Gasteiger partial charge is 0.265 e. The number of thiazole rings is 1. The normalized spacial score (nSPS) is 19.5. The summed E-state index contributed by atoms with van der Waals surface area (Å²) in [6, 6.07) is 2.00. The van der Waals surface area contributed by atoms with E-state index in [1.807, 2.05) is 31.7 Å². The molecule has 0 saturated carbocycles. The first kappa shape index (κ1) is 17.1. The Labute approximate surface area is 146 Å². The topological polar surface area (TPSA) is 71.1 Å². The van der Waals surface area contributed by atoms with E-state index in [-0.39, 0.29) is 12.0 Å². The van der Waals surface area contributed by atoms with Gasteiger partial charge in [-0.05, 0) is 39.7 Å². The number of nitrogens with zero attached hydrogens (tertiary/aromatic N) is 3. The predicted octanol–water partition coefficient (Wildman–Crippen LogP) is 3.29. The van der Waals surface area contributed by atoms with E-state index in [0.29, 0.717) is 12.5 Å². The Hall–Kier alpha value is -1.73. The van der Waals surface area contributed by atoms with Crippen molar-refractivity contribution in [3.63, 3.8) is 0 Å². The van der Waals surface area contributed by atoms with Gasteiger partial charge in [-0.1, -0.05) is 0 Å². The van der Waals surface area contributed by atoms with Crippen molar-refractivity contribution in [3.8, 4) is 0 Å². The van der Waals surface area contributed by atoms with Gasteiger partial charge >= 0.3 is 0 Å². The van der Waals surface area contributed by atoms with Gasteiger partial charge in [-0.2, -0.15) is 5.10 Å². The van der Waals surface area contributed by atoms with Gasteiger partial charge in [-0.25, -0.2) is 4.98 Å². The van der Waals surface area contributed by atoms with Crippen LogP contribution in [-0.2, 0) is 4.74 Å². The Kier molecular flexibility index (Phi) is 5.30. The molecule has 2 aromatic heterocycles. The molecule has 0 radical (unpaired) electrons. The van der Waals surface area contributed by atoms with E-state index in [2.05, 4.69) is 15.2 Å². The van der Waals surface area contributed by atoms with Crippen molar-refractivity contribution in [2.24, 2.45) is 0 Å². The Morgan fingerprint density at radius 1 is 1.58 bits per heavy atom. The maximum atomic E-state index is 13.0. The number of likely N-dealkylation sites (tertiary alicyclic amines) is 1. The molecule has 6 nitrogen and oxygen atoms in total. The number of ether oxygens (including phenoxy) is 1. The first-order valence-corrected chi connectivity index (χ1v) is 9.29. The number of nitrogens with one attached hydrogen (secondary N) is 1. The number of hydrogen-bond acceptors (Lipinski definition) is 5. The van der Waals surface area contributed by atoms with Crippen LogP contribution in [0.4, 0.5) is 0 Å². The van der Waals surface area contributed by atoms with Crippen LogP contribution < -0.4 is 0 Å². The molecular weight excluding hydrogens is 324 g/mol. The number of carbonyl (C=O) groups excluding carboxylic acids is 1. The molecule has 0 unspecified atom stereocenters. The summed E-state index contributed by atoms with van der Waals surface area (Å²) in [4.78, 5) is 20.2. The molecule has 3 heterocycles. The minimum Gasteiger partial charge on any atom is -0.372 e. The zero-order valence-electron chi connectivity index (χ0n) is 14.4. The highest BCUT2D eigenvalue weighted by Crippen LogP contribution is 2.30. The number of amides is 1. The molecule has 0 bridgehead atoms. The molecule has 1 aliphatic heterocycles. The molecule has 2 aromatic rings. The Morgan fingerprint density at radius 3 is 3.12 bits per heavy atom. The van der Waals surface area contributed by atoms with Gasteiger partial charge in [-0.3, -0.25) is 9.89 Å². The van der Waals surface area contributed by atoms with Crippen molar-refractivity contribution in [2.45, 2.75) is 45.6 Å². The molecule has 1 aliphatic rings. The molecule has 0 aromatic carbocycles. The number of hydrogen-bond donors (Lipinski definition) is 1. The van der Waals surface area contributed by atoms with Crippen LogP contribution in [0.2, 0.25) is 0 Å². The van der Waals surface area contributed by atoms with Gasteiger partial charge in [-0.15, -0.1) is 11.3 Å². The maximum absolute atomic E-state index is 13.0. The van der Waals surface area contributed by atoms with Crippen LogP contribution in [0.5, 0.6) is 0 Å². The van der Waals surface area contributed by atoms with Gasteiger partial charge < -0.3 is 9.64 Å². The number of aromatic nitrogens is 3. The Balaban J connectivity index is 1.74. The van der Waals surface area contributed by atoms with Crippen LogP contribution in [0.25, 0.3) is 0 Å². The first-order valence-electron chi connectivity index (χ1n) is 8.47. The van der Waals surface area contributed by atoms with E-state index < -0.39 is 0 Å². The monoisotopic (exact) mass is 348 g/mol. The lowest BCUT2D eigenvalue weighted by Crippen LogP contribution is -2.39. The average molecular weight is 348 g/mol. The highest BCUT2D eigenvalue weighted by molar-refractivity contribution is 7.13. The molecule has 130 valence electrons. The molecular formula is C17H24N4O2S. The molecule has 1 saturated heterocycles.